The van der Waals surface area contributed by atoms with Gasteiger partial charge in [0.25, 0.3) is 5.91 Å². The number of carbonyl (C=O) groups is 2. The Labute approximate surface area is 152 Å². The number of nitrogens with zero attached hydrogens (tertiary/aromatic N) is 1. The third-order valence-corrected chi connectivity index (χ3v) is 5.22. The van der Waals surface area contributed by atoms with Crippen LogP contribution in [0.5, 0.6) is 0 Å². The zero-order valence-electron chi connectivity index (χ0n) is 14.4. The van der Waals surface area contributed by atoms with E-state index in [1.165, 1.54) is 0 Å². The van der Waals surface area contributed by atoms with Crippen LogP contribution in [0.15, 0.2) is 42.5 Å². The number of benzene rings is 2. The lowest BCUT2D eigenvalue weighted by molar-refractivity contribution is 0.0977. The Hall–Kier alpha value is -2.67. The molecule has 0 unspecified atom stereocenters. The Morgan fingerprint density at radius 2 is 1.88 bits per heavy atom. The van der Waals surface area contributed by atoms with E-state index in [0.29, 0.717) is 35.3 Å². The van der Waals surface area contributed by atoms with Gasteiger partial charge >= 0.3 is 0 Å². The molecule has 2 aromatic carbocycles. The fraction of sp³-hybridized carbons (Fsp3) is 0.263. The third-order valence-electron chi connectivity index (χ3n) is 4.36. The van der Waals surface area contributed by atoms with Crippen molar-refractivity contribution in [1.82, 2.24) is 0 Å². The lowest BCUT2D eigenvalue weighted by Gasteiger charge is -2.30. The largest absolute Gasteiger partial charge is 0.366 e. The van der Waals surface area contributed by atoms with Gasteiger partial charge in [-0.2, -0.15) is 0 Å². The third kappa shape index (κ3) is 3.77. The van der Waals surface area contributed by atoms with Gasteiger partial charge in [0, 0.05) is 29.6 Å². The smallest absolute Gasteiger partial charge is 0.258 e. The minimum absolute atomic E-state index is 0.115. The van der Waals surface area contributed by atoms with Crippen molar-refractivity contribution in [3.8, 4) is 0 Å². The fourth-order valence-electron chi connectivity index (χ4n) is 3.32. The van der Waals surface area contributed by atoms with E-state index < -0.39 is 15.7 Å². The topological polar surface area (TPSA) is 97.5 Å². The zero-order chi connectivity index (χ0) is 18.9. The van der Waals surface area contributed by atoms with Crippen LogP contribution in [0.2, 0.25) is 0 Å². The average Bonchev–Trinajstić information content (AvgIpc) is 2.58. The molecule has 3 rings (SSSR count). The van der Waals surface area contributed by atoms with Gasteiger partial charge in [-0.15, -0.1) is 0 Å². The summed E-state index contributed by atoms with van der Waals surface area (Å²) in [4.78, 5) is 26.3. The average molecular weight is 372 g/mol. The van der Waals surface area contributed by atoms with Crippen LogP contribution in [0, 0.1) is 0 Å². The molecular weight excluding hydrogens is 352 g/mol. The molecule has 6 nitrogen and oxygen atoms in total. The van der Waals surface area contributed by atoms with Crippen LogP contribution in [0.1, 0.15) is 38.3 Å². The maximum atomic E-state index is 13.0. The maximum absolute atomic E-state index is 13.0. The SMILES string of the molecule is CS(=O)(=O)Cc1cccc(C(=O)N2CCCc3c(C(N)=O)cccc32)c1. The molecule has 1 aliphatic rings. The minimum atomic E-state index is -3.18. The molecule has 0 fully saturated rings. The Kier molecular flexibility index (Phi) is 4.82. The van der Waals surface area contributed by atoms with Gasteiger partial charge in [0.2, 0.25) is 5.91 Å². The highest BCUT2D eigenvalue weighted by molar-refractivity contribution is 7.89. The molecule has 0 atom stereocenters. The van der Waals surface area contributed by atoms with E-state index in [2.05, 4.69) is 0 Å². The number of amides is 2. The van der Waals surface area contributed by atoms with Crippen molar-refractivity contribution in [2.45, 2.75) is 18.6 Å². The van der Waals surface area contributed by atoms with Crippen molar-refractivity contribution in [2.75, 3.05) is 17.7 Å². The van der Waals surface area contributed by atoms with Crippen molar-refractivity contribution in [3.63, 3.8) is 0 Å². The monoisotopic (exact) mass is 372 g/mol. The molecule has 26 heavy (non-hydrogen) atoms. The standard InChI is InChI=1S/C19H20N2O4S/c1-26(24,25)12-13-5-2-6-14(11-13)19(23)21-10-4-8-15-16(18(20)22)7-3-9-17(15)21/h2-3,5-7,9,11H,4,8,10,12H2,1H3,(H2,20,22). The Bertz CT molecular complexity index is 983. The minimum Gasteiger partial charge on any atom is -0.366 e. The number of anilines is 1. The summed E-state index contributed by atoms with van der Waals surface area (Å²) in [6.45, 7) is 0.532. The molecule has 1 heterocycles. The number of primary amides is 1. The number of sulfone groups is 1. The zero-order valence-corrected chi connectivity index (χ0v) is 15.3. The van der Waals surface area contributed by atoms with Crippen molar-refractivity contribution >= 4 is 27.3 Å². The van der Waals surface area contributed by atoms with Gasteiger partial charge in [-0.05, 0) is 48.2 Å². The Morgan fingerprint density at radius 3 is 2.58 bits per heavy atom. The molecule has 0 aliphatic carbocycles. The second-order valence-electron chi connectivity index (χ2n) is 6.50. The number of rotatable bonds is 4. The molecule has 2 N–H and O–H groups in total. The molecule has 0 radical (unpaired) electrons. The first-order valence-electron chi connectivity index (χ1n) is 8.26. The van der Waals surface area contributed by atoms with Crippen LogP contribution in [0.4, 0.5) is 5.69 Å². The molecule has 2 aromatic rings. The van der Waals surface area contributed by atoms with Gasteiger partial charge in [0.05, 0.1) is 5.75 Å². The highest BCUT2D eigenvalue weighted by Gasteiger charge is 2.26. The number of hydrogen-bond acceptors (Lipinski definition) is 4. The number of nitrogens with two attached hydrogens (primary N) is 1. The summed E-state index contributed by atoms with van der Waals surface area (Å²) in [5.74, 6) is -0.842. The highest BCUT2D eigenvalue weighted by Crippen LogP contribution is 2.31. The summed E-state index contributed by atoms with van der Waals surface area (Å²) in [7, 11) is -3.18. The van der Waals surface area contributed by atoms with E-state index >= 15 is 0 Å². The number of fused-ring (bicyclic) bond motifs is 1. The van der Waals surface area contributed by atoms with Crippen molar-refractivity contribution in [2.24, 2.45) is 5.73 Å². The summed E-state index contributed by atoms with van der Waals surface area (Å²) in [5, 5.41) is 0. The van der Waals surface area contributed by atoms with Gasteiger partial charge < -0.3 is 10.6 Å². The van der Waals surface area contributed by atoms with Crippen LogP contribution in [-0.2, 0) is 22.0 Å². The van der Waals surface area contributed by atoms with Gasteiger partial charge in [0.15, 0.2) is 9.84 Å². The lowest BCUT2D eigenvalue weighted by Crippen LogP contribution is -2.36. The first kappa shape index (κ1) is 18.1. The van der Waals surface area contributed by atoms with E-state index in [1.54, 1.807) is 47.4 Å². The van der Waals surface area contributed by atoms with Crippen molar-refractivity contribution in [1.29, 1.82) is 0 Å². The normalized spacial score (nSPS) is 14.0. The van der Waals surface area contributed by atoms with Gasteiger partial charge in [-0.1, -0.05) is 18.2 Å². The van der Waals surface area contributed by atoms with Crippen LogP contribution >= 0.6 is 0 Å². The summed E-state index contributed by atoms with van der Waals surface area (Å²) < 4.78 is 23.0. The summed E-state index contributed by atoms with van der Waals surface area (Å²) in [6, 6.07) is 11.8. The Balaban J connectivity index is 1.97. The predicted molar refractivity (Wildman–Crippen MR) is 99.9 cm³/mol. The van der Waals surface area contributed by atoms with Crippen LogP contribution in [0.3, 0.4) is 0 Å². The second kappa shape index (κ2) is 6.92. The number of carbonyl (C=O) groups excluding carboxylic acids is 2. The highest BCUT2D eigenvalue weighted by atomic mass is 32.2. The van der Waals surface area contributed by atoms with E-state index in [4.69, 9.17) is 5.73 Å². The molecular formula is C19H20N2O4S. The van der Waals surface area contributed by atoms with Gasteiger partial charge in [-0.3, -0.25) is 9.59 Å². The first-order valence-corrected chi connectivity index (χ1v) is 10.3. The molecule has 0 saturated heterocycles. The van der Waals surface area contributed by atoms with Gasteiger partial charge in [0.1, 0.15) is 0 Å². The molecule has 0 spiro atoms. The molecule has 2 amide bonds. The summed E-state index contributed by atoms with van der Waals surface area (Å²) in [5.41, 5.74) is 8.35. The fourth-order valence-corrected chi connectivity index (χ4v) is 4.10. The van der Waals surface area contributed by atoms with Crippen LogP contribution < -0.4 is 10.6 Å². The second-order valence-corrected chi connectivity index (χ2v) is 8.64. The predicted octanol–water partition coefficient (Wildman–Crippen LogP) is 1.92. The van der Waals surface area contributed by atoms with E-state index in [0.717, 1.165) is 18.2 Å². The van der Waals surface area contributed by atoms with Crippen molar-refractivity contribution in [3.05, 3.63) is 64.7 Å². The van der Waals surface area contributed by atoms with E-state index in [1.807, 2.05) is 0 Å². The van der Waals surface area contributed by atoms with Crippen LogP contribution in [0.25, 0.3) is 0 Å². The first-order chi connectivity index (χ1) is 12.3. The lowest BCUT2D eigenvalue weighted by atomic mass is 9.95. The maximum Gasteiger partial charge on any atom is 0.258 e. The van der Waals surface area contributed by atoms with E-state index in [-0.39, 0.29) is 11.7 Å². The number of hydrogen-bond donors (Lipinski definition) is 1. The molecule has 0 saturated carbocycles. The van der Waals surface area contributed by atoms with Crippen molar-refractivity contribution < 1.29 is 18.0 Å². The quantitative estimate of drug-likeness (QED) is 0.886. The molecule has 0 bridgehead atoms. The van der Waals surface area contributed by atoms with E-state index in [9.17, 15) is 18.0 Å². The van der Waals surface area contributed by atoms with Gasteiger partial charge in [-0.25, -0.2) is 8.42 Å². The molecule has 136 valence electrons. The summed E-state index contributed by atoms with van der Waals surface area (Å²) >= 11 is 0. The summed E-state index contributed by atoms with van der Waals surface area (Å²) in [6.07, 6.45) is 2.58. The Morgan fingerprint density at radius 1 is 1.15 bits per heavy atom. The van der Waals surface area contributed by atoms with Crippen LogP contribution in [-0.4, -0.2) is 33.0 Å². The molecule has 0 aromatic heterocycles. The molecule has 7 heteroatoms. The molecule has 1 aliphatic heterocycles.